The molecule has 0 aromatic carbocycles. The van der Waals surface area contributed by atoms with Gasteiger partial charge in [-0.25, -0.2) is 0 Å². The Morgan fingerprint density at radius 2 is 2.00 bits per heavy atom. The maximum absolute atomic E-state index is 10.3. The van der Waals surface area contributed by atoms with E-state index < -0.39 is 5.97 Å². The summed E-state index contributed by atoms with van der Waals surface area (Å²) in [5, 5.41) is 10.3. The Hall–Kier alpha value is 0.0129. The summed E-state index contributed by atoms with van der Waals surface area (Å²) in [4.78, 5) is 10.3. The molecule has 0 rings (SSSR count). The Balaban J connectivity index is 0. The van der Waals surface area contributed by atoms with Crippen molar-refractivity contribution in [2.75, 3.05) is 0 Å². The van der Waals surface area contributed by atoms with E-state index in [0.717, 1.165) is 19.3 Å². The summed E-state index contributed by atoms with van der Waals surface area (Å²) in [6.07, 6.45) is 3.52. The molecule has 0 heterocycles. The van der Waals surface area contributed by atoms with Crippen LogP contribution in [0.2, 0.25) is 0 Å². The van der Waals surface area contributed by atoms with Crippen molar-refractivity contribution in [1.82, 2.24) is 0 Å². The zero-order valence-electron chi connectivity index (χ0n) is 7.72. The minimum absolute atomic E-state index is 0. The quantitative estimate of drug-likeness (QED) is 0.599. The number of unbranched alkanes of at least 4 members (excludes halogenated alkanes) is 1. The van der Waals surface area contributed by atoms with Crippen LogP contribution in [0.3, 0.4) is 0 Å². The number of hydrogen-bond donors (Lipinski definition) is 0. The van der Waals surface area contributed by atoms with Crippen LogP contribution in [-0.2, 0) is 4.79 Å². The van der Waals surface area contributed by atoms with E-state index >= 15 is 0 Å². The fourth-order valence-electron chi connectivity index (χ4n) is 0.939. The number of aliphatic carboxylic acids is 1. The number of carbonyl (C=O) groups is 1. The average Bonchev–Trinajstić information content (AvgIpc) is 1.89. The van der Waals surface area contributed by atoms with Crippen molar-refractivity contribution in [2.24, 2.45) is 5.92 Å². The topological polar surface area (TPSA) is 40.1 Å². The first-order chi connectivity index (χ1) is 4.72. The molecular formula is C8H18GeO2. The molecule has 0 bridgehead atoms. The van der Waals surface area contributed by atoms with Gasteiger partial charge in [0, 0.05) is 5.97 Å². The Bertz CT molecular complexity index is 104. The second-order valence-corrected chi connectivity index (χ2v) is 2.57. The van der Waals surface area contributed by atoms with Crippen LogP contribution >= 0.6 is 0 Å². The van der Waals surface area contributed by atoms with Crippen molar-refractivity contribution in [3.05, 3.63) is 0 Å². The van der Waals surface area contributed by atoms with E-state index in [9.17, 15) is 9.90 Å². The molecule has 0 aromatic heterocycles. The minimum atomic E-state index is -0.893. The van der Waals surface area contributed by atoms with Gasteiger partial charge < -0.3 is 9.90 Å². The Kier molecular flexibility index (Phi) is 10.0. The van der Waals surface area contributed by atoms with Gasteiger partial charge in [-0.05, 0) is 18.8 Å². The molecule has 0 fully saturated rings. The summed E-state index contributed by atoms with van der Waals surface area (Å²) in [5.41, 5.74) is 0. The van der Waals surface area contributed by atoms with E-state index in [2.05, 4.69) is 6.92 Å². The zero-order valence-corrected chi connectivity index (χ0v) is 11.9. The first-order valence-corrected chi connectivity index (χ1v) is 3.93. The van der Waals surface area contributed by atoms with E-state index in [4.69, 9.17) is 0 Å². The molecule has 0 aliphatic carbocycles. The molecule has 0 spiro atoms. The van der Waals surface area contributed by atoms with Crippen LogP contribution in [0.5, 0.6) is 0 Å². The van der Waals surface area contributed by atoms with Crippen LogP contribution in [-0.4, -0.2) is 23.6 Å². The van der Waals surface area contributed by atoms with E-state index in [1.165, 1.54) is 0 Å². The van der Waals surface area contributed by atoms with Crippen LogP contribution in [0, 0.1) is 5.92 Å². The molecule has 0 aliphatic heterocycles. The van der Waals surface area contributed by atoms with Gasteiger partial charge in [0.1, 0.15) is 0 Å². The number of carboxylic acid groups (broad SMARTS) is 1. The molecule has 0 aromatic rings. The van der Waals surface area contributed by atoms with Crippen LogP contribution in [0.15, 0.2) is 0 Å². The van der Waals surface area contributed by atoms with E-state index in [1.54, 1.807) is 0 Å². The van der Waals surface area contributed by atoms with Crippen molar-refractivity contribution in [2.45, 2.75) is 39.5 Å². The van der Waals surface area contributed by atoms with E-state index in [0.29, 0.717) is 6.42 Å². The summed E-state index contributed by atoms with van der Waals surface area (Å²) in [5.74, 6) is -1.11. The first kappa shape index (κ1) is 13.6. The van der Waals surface area contributed by atoms with Gasteiger partial charge in [0.25, 0.3) is 0 Å². The molecule has 0 saturated heterocycles. The van der Waals surface area contributed by atoms with Crippen molar-refractivity contribution >= 4 is 23.6 Å². The molecule has 0 radical (unpaired) electrons. The molecule has 0 N–H and O–H groups in total. The molecule has 11 heavy (non-hydrogen) atoms. The van der Waals surface area contributed by atoms with Gasteiger partial charge in [-0.1, -0.05) is 26.7 Å². The van der Waals surface area contributed by atoms with Crippen molar-refractivity contribution in [3.8, 4) is 0 Å². The van der Waals surface area contributed by atoms with Crippen LogP contribution in [0.4, 0.5) is 0 Å². The monoisotopic (exact) mass is 220 g/mol. The normalized spacial score (nSPS) is 11.8. The number of carbonyl (C=O) groups excluding carboxylic acids is 1. The van der Waals surface area contributed by atoms with Crippen molar-refractivity contribution < 1.29 is 9.90 Å². The molecule has 0 aliphatic rings. The predicted molar refractivity (Wildman–Crippen MR) is 48.3 cm³/mol. The second-order valence-electron chi connectivity index (χ2n) is 2.57. The number of carboxylic acids is 1. The molecule has 66 valence electrons. The van der Waals surface area contributed by atoms with E-state index in [-0.39, 0.29) is 23.5 Å². The van der Waals surface area contributed by atoms with Crippen molar-refractivity contribution in [1.29, 1.82) is 0 Å². The van der Waals surface area contributed by atoms with Crippen LogP contribution < -0.4 is 5.11 Å². The first-order valence-electron chi connectivity index (χ1n) is 3.93. The molecule has 1 unspecified atom stereocenters. The molecule has 3 heteroatoms. The van der Waals surface area contributed by atoms with Gasteiger partial charge >= 0.3 is 17.6 Å². The summed E-state index contributed by atoms with van der Waals surface area (Å²) in [6, 6.07) is 0. The summed E-state index contributed by atoms with van der Waals surface area (Å²) < 4.78 is 0. The molecule has 0 amide bonds. The molecule has 2 nitrogen and oxygen atoms in total. The van der Waals surface area contributed by atoms with Crippen LogP contribution in [0.1, 0.15) is 39.5 Å². The third-order valence-corrected chi connectivity index (χ3v) is 1.73. The Labute approximate surface area is 79.3 Å². The van der Waals surface area contributed by atoms with Gasteiger partial charge in [-0.3, -0.25) is 0 Å². The SMILES string of the molecule is CCCCC(CC)C(=O)[O-].[GeH3+]. The average molecular weight is 219 g/mol. The van der Waals surface area contributed by atoms with Gasteiger partial charge in [0.05, 0.1) is 0 Å². The number of rotatable bonds is 5. The summed E-state index contributed by atoms with van der Waals surface area (Å²) in [7, 11) is 0. The molecular weight excluding hydrogens is 201 g/mol. The van der Waals surface area contributed by atoms with Gasteiger partial charge in [-0.15, -0.1) is 0 Å². The predicted octanol–water partition coefficient (Wildman–Crippen LogP) is -0.231. The fourth-order valence-corrected chi connectivity index (χ4v) is 0.939. The van der Waals surface area contributed by atoms with E-state index in [1.807, 2.05) is 6.92 Å². The fraction of sp³-hybridized carbons (Fsp3) is 0.875. The summed E-state index contributed by atoms with van der Waals surface area (Å²) >= 11 is 0. The van der Waals surface area contributed by atoms with Gasteiger partial charge in [-0.2, -0.15) is 0 Å². The maximum atomic E-state index is 10.3. The Morgan fingerprint density at radius 3 is 2.27 bits per heavy atom. The standard InChI is InChI=1S/C8H16O2.GeH3/c1-3-5-6-7(4-2)8(9)10;/h7H,3-6H2,1-2H3,(H,9,10);1H3/q;+1/p-1. The van der Waals surface area contributed by atoms with Crippen LogP contribution in [0.25, 0.3) is 0 Å². The Morgan fingerprint density at radius 1 is 1.45 bits per heavy atom. The molecule has 1 atom stereocenters. The second kappa shape index (κ2) is 8.11. The zero-order chi connectivity index (χ0) is 7.98. The third kappa shape index (κ3) is 6.41. The van der Waals surface area contributed by atoms with Gasteiger partial charge in [0.15, 0.2) is 0 Å². The number of hydrogen-bond acceptors (Lipinski definition) is 2. The van der Waals surface area contributed by atoms with Gasteiger partial charge in [0.2, 0.25) is 0 Å². The summed E-state index contributed by atoms with van der Waals surface area (Å²) in [6.45, 7) is 3.94. The van der Waals surface area contributed by atoms with Crippen molar-refractivity contribution in [3.63, 3.8) is 0 Å². The molecule has 0 saturated carbocycles. The third-order valence-electron chi connectivity index (χ3n) is 1.73.